The van der Waals surface area contributed by atoms with Gasteiger partial charge in [-0.3, -0.25) is 34.1 Å². The molecule has 2 aromatic heterocycles. The van der Waals surface area contributed by atoms with Crippen LogP contribution in [0.1, 0.15) is 89.7 Å². The first-order chi connectivity index (χ1) is 22.9. The summed E-state index contributed by atoms with van der Waals surface area (Å²) in [5.41, 5.74) is 4.72. The number of fused-ring (bicyclic) bond motifs is 1. The van der Waals surface area contributed by atoms with E-state index in [0.717, 1.165) is 80.6 Å². The molecule has 1 atom stereocenters. The molecule has 4 fully saturated rings. The smallest absolute Gasteiger partial charge is 0.262 e. The topological polar surface area (TPSA) is 139 Å². The molecule has 5 heterocycles. The zero-order valence-corrected chi connectivity index (χ0v) is 26.3. The first-order valence-electron chi connectivity index (χ1n) is 16.9. The number of morpholine rings is 1. The zero-order chi connectivity index (χ0) is 32.1. The van der Waals surface area contributed by atoms with Crippen LogP contribution >= 0.6 is 0 Å². The minimum atomic E-state index is -0.959. The molecule has 3 aromatic rings. The number of nitrogens with zero attached hydrogens (tertiary/aromatic N) is 5. The van der Waals surface area contributed by atoms with E-state index in [9.17, 15) is 19.2 Å². The maximum atomic E-state index is 13.1. The normalized spacial score (nSPS) is 24.3. The summed E-state index contributed by atoms with van der Waals surface area (Å²) in [6, 6.07) is 10.9. The Morgan fingerprint density at radius 3 is 2.53 bits per heavy atom. The van der Waals surface area contributed by atoms with Crippen molar-refractivity contribution in [1.29, 1.82) is 0 Å². The number of hydrogen-bond acceptors (Lipinski definition) is 9. The van der Waals surface area contributed by atoms with Gasteiger partial charge >= 0.3 is 0 Å². The molecule has 0 bridgehead atoms. The Balaban J connectivity index is 0.842. The van der Waals surface area contributed by atoms with E-state index in [2.05, 4.69) is 44.6 Å². The third-order valence-corrected chi connectivity index (χ3v) is 10.2. The quantitative estimate of drug-likeness (QED) is 0.250. The summed E-state index contributed by atoms with van der Waals surface area (Å²) in [5, 5.41) is 10.7. The summed E-state index contributed by atoms with van der Waals surface area (Å²) >= 11 is 0. The highest BCUT2D eigenvalue weighted by Crippen LogP contribution is 2.46. The van der Waals surface area contributed by atoms with Gasteiger partial charge in [0.2, 0.25) is 11.8 Å². The molecule has 2 aliphatic carbocycles. The molecular formula is C35H39N7O5. The highest BCUT2D eigenvalue weighted by molar-refractivity contribution is 6.23. The number of rotatable bonds is 10. The van der Waals surface area contributed by atoms with Crippen LogP contribution in [-0.4, -0.2) is 82.2 Å². The zero-order valence-electron chi connectivity index (χ0n) is 26.3. The van der Waals surface area contributed by atoms with Crippen LogP contribution in [0.25, 0.3) is 11.3 Å². The molecule has 1 unspecified atom stereocenters. The lowest BCUT2D eigenvalue weighted by atomic mass is 9.77. The van der Waals surface area contributed by atoms with Crippen molar-refractivity contribution in [2.24, 2.45) is 5.92 Å². The van der Waals surface area contributed by atoms with Crippen molar-refractivity contribution in [3.05, 3.63) is 59.4 Å². The Labute approximate surface area is 272 Å². The van der Waals surface area contributed by atoms with Crippen LogP contribution in [0, 0.1) is 5.92 Å². The fraction of sp³-hybridized carbons (Fsp3) is 0.486. The van der Waals surface area contributed by atoms with Crippen LogP contribution in [-0.2, 0) is 14.3 Å². The van der Waals surface area contributed by atoms with Gasteiger partial charge in [-0.1, -0.05) is 6.07 Å². The van der Waals surface area contributed by atoms with Crippen molar-refractivity contribution in [2.75, 3.05) is 43.1 Å². The van der Waals surface area contributed by atoms with Crippen LogP contribution < -0.4 is 15.5 Å². The van der Waals surface area contributed by atoms with E-state index in [1.54, 1.807) is 18.2 Å². The van der Waals surface area contributed by atoms with E-state index < -0.39 is 23.8 Å². The molecule has 2 saturated heterocycles. The van der Waals surface area contributed by atoms with Gasteiger partial charge in [0.15, 0.2) is 0 Å². The molecule has 4 amide bonds. The standard InChI is InChI=1S/C35H39N7O5/c43-31-11-10-29(33(44)38-31)42-34(45)25-9-8-23(19-26(25)35(42)46)36-12-2-3-21-17-24(18-21)41-20-27(32(39-41)22-6-7-22)28-4-1-5-30(37-28)40-13-15-47-16-14-40/h1,4-5,8-9,19-22,24,29,36H,2-3,6-7,10-18H2,(H,38,43,44)/t21-,24-,29?. The van der Waals surface area contributed by atoms with Gasteiger partial charge in [0, 0.05) is 49.4 Å². The Kier molecular flexibility index (Phi) is 7.75. The molecule has 1 aromatic carbocycles. The van der Waals surface area contributed by atoms with Crippen LogP contribution in [0.5, 0.6) is 0 Å². The highest BCUT2D eigenvalue weighted by Gasteiger charge is 2.44. The van der Waals surface area contributed by atoms with Gasteiger partial charge in [0.25, 0.3) is 11.8 Å². The number of carbonyl (C=O) groups is 4. The third-order valence-electron chi connectivity index (χ3n) is 10.2. The number of anilines is 2. The number of carbonyl (C=O) groups excluding carboxylic acids is 4. The van der Waals surface area contributed by atoms with Crippen LogP contribution in [0.4, 0.5) is 11.5 Å². The van der Waals surface area contributed by atoms with Crippen molar-refractivity contribution in [2.45, 2.75) is 69.4 Å². The Hall–Kier alpha value is -4.58. The second kappa shape index (κ2) is 12.2. The maximum absolute atomic E-state index is 13.1. The number of imide groups is 2. The first-order valence-corrected chi connectivity index (χ1v) is 16.9. The molecule has 2 saturated carbocycles. The number of aromatic nitrogens is 3. The maximum Gasteiger partial charge on any atom is 0.262 e. The van der Waals surface area contributed by atoms with E-state index in [0.29, 0.717) is 23.4 Å². The van der Waals surface area contributed by atoms with Crippen molar-refractivity contribution in [1.82, 2.24) is 25.0 Å². The molecule has 5 aliphatic rings. The lowest BCUT2D eigenvalue weighted by Crippen LogP contribution is -2.54. The Morgan fingerprint density at radius 1 is 0.936 bits per heavy atom. The number of nitrogens with one attached hydrogen (secondary N) is 2. The van der Waals surface area contributed by atoms with Crippen molar-refractivity contribution in [3.8, 4) is 11.3 Å². The number of amides is 4. The first kappa shape index (κ1) is 29.8. The van der Waals surface area contributed by atoms with Gasteiger partial charge in [0.05, 0.1) is 41.8 Å². The van der Waals surface area contributed by atoms with Gasteiger partial charge in [-0.25, -0.2) is 4.98 Å². The minimum Gasteiger partial charge on any atom is -0.385 e. The number of piperidine rings is 1. The monoisotopic (exact) mass is 637 g/mol. The van der Waals surface area contributed by atoms with Gasteiger partial charge in [-0.2, -0.15) is 5.10 Å². The molecule has 0 radical (unpaired) electrons. The average molecular weight is 638 g/mol. The highest BCUT2D eigenvalue weighted by atomic mass is 16.5. The molecule has 47 heavy (non-hydrogen) atoms. The van der Waals surface area contributed by atoms with Crippen molar-refractivity contribution in [3.63, 3.8) is 0 Å². The van der Waals surface area contributed by atoms with E-state index in [4.69, 9.17) is 14.8 Å². The van der Waals surface area contributed by atoms with Gasteiger partial charge in [-0.15, -0.1) is 0 Å². The average Bonchev–Trinajstić information content (AvgIpc) is 3.78. The third kappa shape index (κ3) is 5.79. The van der Waals surface area contributed by atoms with Crippen LogP contribution in [0.3, 0.4) is 0 Å². The summed E-state index contributed by atoms with van der Waals surface area (Å²) < 4.78 is 7.72. The minimum absolute atomic E-state index is 0.102. The van der Waals surface area contributed by atoms with Crippen molar-refractivity contribution < 1.29 is 23.9 Å². The Morgan fingerprint density at radius 2 is 1.74 bits per heavy atom. The van der Waals surface area contributed by atoms with Gasteiger partial charge < -0.3 is 15.0 Å². The molecular weight excluding hydrogens is 598 g/mol. The van der Waals surface area contributed by atoms with E-state index in [1.165, 1.54) is 24.1 Å². The SMILES string of the molecule is O=C1CCC(N2C(=O)c3ccc(NCCC[C@H]4C[C@H](n5cc(-c6cccc(N7CCOCC7)n6)c(C6CC6)n5)C4)cc3C2=O)C(=O)N1. The number of hydrogen-bond donors (Lipinski definition) is 2. The Bertz CT molecular complexity index is 1740. The molecule has 0 spiro atoms. The second-order valence-corrected chi connectivity index (χ2v) is 13.4. The molecule has 8 rings (SSSR count). The lowest BCUT2D eigenvalue weighted by molar-refractivity contribution is -0.136. The van der Waals surface area contributed by atoms with Crippen molar-refractivity contribution >= 4 is 35.1 Å². The lowest BCUT2D eigenvalue weighted by Gasteiger charge is -2.35. The molecule has 2 N–H and O–H groups in total. The number of pyridine rings is 1. The van der Waals surface area contributed by atoms with E-state index >= 15 is 0 Å². The summed E-state index contributed by atoms with van der Waals surface area (Å²) in [5.74, 6) is 0.219. The molecule has 12 heteroatoms. The summed E-state index contributed by atoms with van der Waals surface area (Å²) in [4.78, 5) is 58.3. The summed E-state index contributed by atoms with van der Waals surface area (Å²) in [6.07, 6.45) is 9.17. The van der Waals surface area contributed by atoms with Crippen LogP contribution in [0.15, 0.2) is 42.6 Å². The largest absolute Gasteiger partial charge is 0.385 e. The van der Waals surface area contributed by atoms with Gasteiger partial charge in [-0.05, 0) is 81.2 Å². The predicted octanol–water partition coefficient (Wildman–Crippen LogP) is 3.90. The van der Waals surface area contributed by atoms with Crippen LogP contribution in [0.2, 0.25) is 0 Å². The summed E-state index contributed by atoms with van der Waals surface area (Å²) in [6.45, 7) is 3.95. The molecule has 244 valence electrons. The number of ether oxygens (including phenoxy) is 1. The summed E-state index contributed by atoms with van der Waals surface area (Å²) in [7, 11) is 0. The van der Waals surface area contributed by atoms with E-state index in [-0.39, 0.29) is 24.3 Å². The fourth-order valence-corrected chi connectivity index (χ4v) is 7.35. The predicted molar refractivity (Wildman–Crippen MR) is 173 cm³/mol. The van der Waals surface area contributed by atoms with Gasteiger partial charge in [0.1, 0.15) is 11.9 Å². The molecule has 12 nitrogen and oxygen atoms in total. The molecule has 3 aliphatic heterocycles. The number of benzene rings is 1. The van der Waals surface area contributed by atoms with E-state index in [1.807, 2.05) is 0 Å². The second-order valence-electron chi connectivity index (χ2n) is 13.4. The fourth-order valence-electron chi connectivity index (χ4n) is 7.35.